The highest BCUT2D eigenvalue weighted by Crippen LogP contribution is 2.39. The standard InChI is InChI=1S/C19H25NO4/c1-13-5-6-16-14(11-13)15(21)12-19(23-16)7-9-20(10-8-19)17(22)24-18(2,3)4/h5-6,11H,7-10,12H2,1-4H3. The summed E-state index contributed by atoms with van der Waals surface area (Å²) in [6, 6.07) is 5.73. The van der Waals surface area contributed by atoms with Gasteiger partial charge in [0, 0.05) is 25.9 Å². The zero-order chi connectivity index (χ0) is 17.5. The number of amides is 1. The molecule has 0 atom stereocenters. The van der Waals surface area contributed by atoms with Gasteiger partial charge in [0.15, 0.2) is 5.78 Å². The lowest BCUT2D eigenvalue weighted by Crippen LogP contribution is -2.52. The first kappa shape index (κ1) is 16.8. The maximum absolute atomic E-state index is 12.5. The van der Waals surface area contributed by atoms with Crippen LogP contribution in [0.2, 0.25) is 0 Å². The molecule has 0 N–H and O–H groups in total. The molecule has 1 saturated heterocycles. The van der Waals surface area contributed by atoms with Gasteiger partial charge in [0.25, 0.3) is 0 Å². The summed E-state index contributed by atoms with van der Waals surface area (Å²) in [5.74, 6) is 0.799. The maximum atomic E-state index is 12.5. The van der Waals surface area contributed by atoms with Crippen molar-refractivity contribution in [1.29, 1.82) is 0 Å². The first-order chi connectivity index (χ1) is 11.2. The minimum Gasteiger partial charge on any atom is -0.486 e. The molecule has 2 heterocycles. The quantitative estimate of drug-likeness (QED) is 0.727. The Morgan fingerprint density at radius 3 is 2.54 bits per heavy atom. The van der Waals surface area contributed by atoms with E-state index < -0.39 is 11.2 Å². The van der Waals surface area contributed by atoms with Crippen LogP contribution in [0.5, 0.6) is 5.75 Å². The molecular weight excluding hydrogens is 306 g/mol. The molecule has 5 nitrogen and oxygen atoms in total. The molecule has 1 aromatic rings. The van der Waals surface area contributed by atoms with Gasteiger partial charge in [-0.15, -0.1) is 0 Å². The minimum atomic E-state index is -0.500. The molecule has 0 radical (unpaired) electrons. The molecule has 2 aliphatic heterocycles. The van der Waals surface area contributed by atoms with Gasteiger partial charge in [-0.05, 0) is 39.8 Å². The van der Waals surface area contributed by atoms with E-state index in [4.69, 9.17) is 9.47 Å². The van der Waals surface area contributed by atoms with Crippen molar-refractivity contribution in [3.8, 4) is 5.75 Å². The Kier molecular flexibility index (Phi) is 4.06. The normalized spacial score (nSPS) is 19.7. The Morgan fingerprint density at radius 1 is 1.25 bits per heavy atom. The Bertz CT molecular complexity index is 666. The summed E-state index contributed by atoms with van der Waals surface area (Å²) in [5.41, 5.74) is 0.745. The summed E-state index contributed by atoms with van der Waals surface area (Å²) >= 11 is 0. The molecule has 130 valence electrons. The van der Waals surface area contributed by atoms with Crippen LogP contribution in [0, 0.1) is 6.92 Å². The van der Waals surface area contributed by atoms with Crippen LogP contribution in [0.3, 0.4) is 0 Å². The molecule has 2 aliphatic rings. The van der Waals surface area contributed by atoms with Gasteiger partial charge in [0.05, 0.1) is 12.0 Å². The molecule has 0 bridgehead atoms. The number of ketones is 1. The number of likely N-dealkylation sites (tertiary alicyclic amines) is 1. The van der Waals surface area contributed by atoms with Gasteiger partial charge < -0.3 is 14.4 Å². The van der Waals surface area contributed by atoms with Gasteiger partial charge in [-0.3, -0.25) is 4.79 Å². The third kappa shape index (κ3) is 3.40. The zero-order valence-corrected chi connectivity index (χ0v) is 14.8. The number of aryl methyl sites for hydroxylation is 1. The molecule has 0 aromatic heterocycles. The number of rotatable bonds is 0. The summed E-state index contributed by atoms with van der Waals surface area (Å²) in [5, 5.41) is 0. The molecule has 24 heavy (non-hydrogen) atoms. The van der Waals surface area contributed by atoms with Crippen LogP contribution in [0.15, 0.2) is 18.2 Å². The third-order valence-corrected chi connectivity index (χ3v) is 4.57. The summed E-state index contributed by atoms with van der Waals surface area (Å²) in [6.07, 6.45) is 1.37. The number of benzene rings is 1. The fourth-order valence-electron chi connectivity index (χ4n) is 3.31. The number of piperidine rings is 1. The van der Waals surface area contributed by atoms with E-state index >= 15 is 0 Å². The lowest BCUT2D eigenvalue weighted by atomic mass is 9.82. The topological polar surface area (TPSA) is 55.8 Å². The Labute approximate surface area is 142 Å². The van der Waals surface area contributed by atoms with Gasteiger partial charge >= 0.3 is 6.09 Å². The van der Waals surface area contributed by atoms with Crippen molar-refractivity contribution in [2.45, 2.75) is 58.2 Å². The van der Waals surface area contributed by atoms with Gasteiger partial charge in [-0.2, -0.15) is 0 Å². The molecule has 0 saturated carbocycles. The molecule has 0 aliphatic carbocycles. The summed E-state index contributed by atoms with van der Waals surface area (Å²) in [6.45, 7) is 8.64. The van der Waals surface area contributed by atoms with Crippen molar-refractivity contribution in [3.05, 3.63) is 29.3 Å². The van der Waals surface area contributed by atoms with E-state index in [0.717, 1.165) is 5.56 Å². The van der Waals surface area contributed by atoms with Crippen LogP contribution in [0.4, 0.5) is 4.79 Å². The van der Waals surface area contributed by atoms with Crippen LogP contribution in [0.25, 0.3) is 0 Å². The molecule has 1 spiro atoms. The molecule has 1 fully saturated rings. The van der Waals surface area contributed by atoms with E-state index in [1.165, 1.54) is 0 Å². The number of nitrogens with zero attached hydrogens (tertiary/aromatic N) is 1. The van der Waals surface area contributed by atoms with Gasteiger partial charge in [-0.1, -0.05) is 11.6 Å². The lowest BCUT2D eigenvalue weighted by molar-refractivity contribution is -0.0226. The van der Waals surface area contributed by atoms with Crippen LogP contribution in [-0.2, 0) is 4.74 Å². The fraction of sp³-hybridized carbons (Fsp3) is 0.579. The SMILES string of the molecule is Cc1ccc2c(c1)C(=O)CC1(CCN(C(=O)OC(C)(C)C)CC1)O2. The third-order valence-electron chi connectivity index (χ3n) is 4.57. The molecular formula is C19H25NO4. The number of hydrogen-bond acceptors (Lipinski definition) is 4. The fourth-order valence-corrected chi connectivity index (χ4v) is 3.31. The summed E-state index contributed by atoms with van der Waals surface area (Å²) in [4.78, 5) is 26.4. The molecule has 1 aromatic carbocycles. The Balaban J connectivity index is 1.69. The molecule has 0 unspecified atom stereocenters. The number of carbonyl (C=O) groups excluding carboxylic acids is 2. The van der Waals surface area contributed by atoms with E-state index in [1.54, 1.807) is 4.90 Å². The van der Waals surface area contributed by atoms with Crippen LogP contribution < -0.4 is 4.74 Å². The van der Waals surface area contributed by atoms with Crippen molar-refractivity contribution in [2.75, 3.05) is 13.1 Å². The highest BCUT2D eigenvalue weighted by Gasteiger charge is 2.44. The highest BCUT2D eigenvalue weighted by atomic mass is 16.6. The monoisotopic (exact) mass is 331 g/mol. The van der Waals surface area contributed by atoms with Crippen molar-refractivity contribution in [1.82, 2.24) is 4.90 Å². The van der Waals surface area contributed by atoms with E-state index in [1.807, 2.05) is 45.9 Å². The van der Waals surface area contributed by atoms with E-state index in [2.05, 4.69) is 0 Å². The Morgan fingerprint density at radius 2 is 1.92 bits per heavy atom. The van der Waals surface area contributed by atoms with Gasteiger partial charge in [0.2, 0.25) is 0 Å². The van der Waals surface area contributed by atoms with E-state index in [0.29, 0.717) is 43.7 Å². The van der Waals surface area contributed by atoms with Crippen molar-refractivity contribution < 1.29 is 19.1 Å². The minimum absolute atomic E-state index is 0.130. The second-order valence-electron chi connectivity index (χ2n) is 7.85. The van der Waals surface area contributed by atoms with Crippen LogP contribution in [0.1, 0.15) is 56.0 Å². The van der Waals surface area contributed by atoms with E-state index in [9.17, 15) is 9.59 Å². The number of fused-ring (bicyclic) bond motifs is 1. The number of hydrogen-bond donors (Lipinski definition) is 0. The second-order valence-corrected chi connectivity index (χ2v) is 7.85. The average molecular weight is 331 g/mol. The van der Waals surface area contributed by atoms with Crippen molar-refractivity contribution in [2.24, 2.45) is 0 Å². The first-order valence-corrected chi connectivity index (χ1v) is 8.48. The lowest BCUT2D eigenvalue weighted by Gasteiger charge is -2.44. The average Bonchev–Trinajstić information content (AvgIpc) is 2.47. The number of carbonyl (C=O) groups is 2. The first-order valence-electron chi connectivity index (χ1n) is 8.48. The summed E-state index contributed by atoms with van der Waals surface area (Å²) < 4.78 is 11.6. The summed E-state index contributed by atoms with van der Waals surface area (Å²) in [7, 11) is 0. The van der Waals surface area contributed by atoms with Crippen molar-refractivity contribution in [3.63, 3.8) is 0 Å². The van der Waals surface area contributed by atoms with Crippen LogP contribution in [-0.4, -0.2) is 41.1 Å². The van der Waals surface area contributed by atoms with Crippen LogP contribution >= 0.6 is 0 Å². The predicted molar refractivity (Wildman–Crippen MR) is 90.5 cm³/mol. The van der Waals surface area contributed by atoms with Crippen molar-refractivity contribution >= 4 is 11.9 Å². The number of Topliss-reactive ketones (excluding diaryl/α,β-unsaturated/α-hetero) is 1. The van der Waals surface area contributed by atoms with E-state index in [-0.39, 0.29) is 11.9 Å². The zero-order valence-electron chi connectivity index (χ0n) is 14.8. The highest BCUT2D eigenvalue weighted by molar-refractivity contribution is 6.00. The Hall–Kier alpha value is -2.04. The molecule has 5 heteroatoms. The number of ether oxygens (including phenoxy) is 2. The van der Waals surface area contributed by atoms with Gasteiger partial charge in [-0.25, -0.2) is 4.79 Å². The maximum Gasteiger partial charge on any atom is 0.410 e. The largest absolute Gasteiger partial charge is 0.486 e. The second kappa shape index (κ2) is 5.80. The predicted octanol–water partition coefficient (Wildman–Crippen LogP) is 3.73. The van der Waals surface area contributed by atoms with Gasteiger partial charge in [0.1, 0.15) is 17.0 Å². The smallest absolute Gasteiger partial charge is 0.410 e. The molecule has 1 amide bonds. The molecule has 3 rings (SSSR count).